The minimum absolute atomic E-state index is 0.360. The zero-order valence-corrected chi connectivity index (χ0v) is 21.1. The van der Waals surface area contributed by atoms with Gasteiger partial charge in [0.25, 0.3) is 0 Å². The maximum Gasteiger partial charge on any atom is 0.0390 e. The first-order valence-electron chi connectivity index (χ1n) is 12.0. The summed E-state index contributed by atoms with van der Waals surface area (Å²) in [7, 11) is 0. The zero-order valence-electron chi connectivity index (χ0n) is 21.1. The lowest BCUT2D eigenvalue weighted by Crippen LogP contribution is -2.05. The first-order valence-corrected chi connectivity index (χ1v) is 12.0. The van der Waals surface area contributed by atoms with E-state index in [4.69, 9.17) is 11.5 Å². The summed E-state index contributed by atoms with van der Waals surface area (Å²) in [5.74, 6) is 1.55. The number of nitrogens with two attached hydrogens (primary N) is 2. The quantitative estimate of drug-likeness (QED) is 0.386. The number of hydrogen-bond acceptors (Lipinski definition) is 2. The van der Waals surface area contributed by atoms with Crippen molar-refractivity contribution in [2.45, 2.75) is 79.1 Å². The van der Waals surface area contributed by atoms with Crippen LogP contribution in [0.1, 0.15) is 101 Å². The van der Waals surface area contributed by atoms with Crippen molar-refractivity contribution < 1.29 is 0 Å². The van der Waals surface area contributed by atoms with Gasteiger partial charge in [0.05, 0.1) is 0 Å². The van der Waals surface area contributed by atoms with Crippen LogP contribution in [0.2, 0.25) is 0 Å². The van der Waals surface area contributed by atoms with E-state index in [0.717, 1.165) is 11.4 Å². The second-order valence-corrected chi connectivity index (χ2v) is 10.3. The van der Waals surface area contributed by atoms with Crippen LogP contribution in [0.3, 0.4) is 0 Å². The highest BCUT2D eigenvalue weighted by Gasteiger charge is 2.19. The van der Waals surface area contributed by atoms with E-state index in [0.29, 0.717) is 23.7 Å². The van der Waals surface area contributed by atoms with E-state index in [1.165, 1.54) is 44.5 Å². The Bertz CT molecular complexity index is 998. The maximum absolute atomic E-state index is 6.64. The topological polar surface area (TPSA) is 52.0 Å². The predicted molar refractivity (Wildman–Crippen MR) is 142 cm³/mol. The molecule has 0 unspecified atom stereocenters. The average molecular weight is 429 g/mol. The molecule has 0 amide bonds. The number of nitrogen functional groups attached to an aromatic ring is 2. The first kappa shape index (κ1) is 23.9. The fourth-order valence-electron chi connectivity index (χ4n) is 4.89. The van der Waals surface area contributed by atoms with Crippen molar-refractivity contribution in [1.82, 2.24) is 0 Å². The maximum atomic E-state index is 6.64. The Kier molecular flexibility index (Phi) is 7.03. The van der Waals surface area contributed by atoms with Crippen molar-refractivity contribution in [3.8, 4) is 22.3 Å². The summed E-state index contributed by atoms with van der Waals surface area (Å²) in [5.41, 5.74) is 25.0. The molecule has 0 aromatic heterocycles. The van der Waals surface area contributed by atoms with E-state index >= 15 is 0 Å². The van der Waals surface area contributed by atoms with Crippen LogP contribution in [0.25, 0.3) is 22.3 Å². The van der Waals surface area contributed by atoms with Crippen LogP contribution in [-0.2, 0) is 0 Å². The summed E-state index contributed by atoms with van der Waals surface area (Å²) in [6, 6.07) is 17.8. The zero-order chi connectivity index (χ0) is 23.7. The van der Waals surface area contributed by atoms with Crippen LogP contribution in [0.15, 0.2) is 48.5 Å². The van der Waals surface area contributed by atoms with Gasteiger partial charge in [-0.1, -0.05) is 104 Å². The molecule has 170 valence electrons. The Morgan fingerprint density at radius 3 is 1.00 bits per heavy atom. The van der Waals surface area contributed by atoms with Gasteiger partial charge in [0.15, 0.2) is 0 Å². The molecule has 0 heterocycles. The minimum Gasteiger partial charge on any atom is -0.398 e. The molecule has 0 fully saturated rings. The number of rotatable bonds is 6. The summed E-state index contributed by atoms with van der Waals surface area (Å²) in [4.78, 5) is 0. The van der Waals surface area contributed by atoms with Crippen LogP contribution in [0.4, 0.5) is 11.4 Å². The number of anilines is 2. The predicted octanol–water partition coefficient (Wildman–Crippen LogP) is 8.68. The standard InChI is InChI=1S/C30H40N2/c1-17(2)23-13-15-25(27(19(5)6)29(23)31)21-9-11-22(12-10-21)26-16-14-24(18(3)4)30(32)28(26)20(7)8/h9-20H,31-32H2,1-8H3. The van der Waals surface area contributed by atoms with Gasteiger partial charge in [-0.05, 0) is 68.2 Å². The molecule has 0 saturated carbocycles. The molecule has 2 nitrogen and oxygen atoms in total. The number of hydrogen-bond donors (Lipinski definition) is 2. The van der Waals surface area contributed by atoms with Crippen molar-refractivity contribution in [2.24, 2.45) is 0 Å². The Morgan fingerprint density at radius 1 is 0.438 bits per heavy atom. The van der Waals surface area contributed by atoms with Gasteiger partial charge in [0, 0.05) is 11.4 Å². The van der Waals surface area contributed by atoms with Crippen molar-refractivity contribution in [3.63, 3.8) is 0 Å². The highest BCUT2D eigenvalue weighted by molar-refractivity contribution is 5.80. The van der Waals surface area contributed by atoms with Crippen LogP contribution >= 0.6 is 0 Å². The Labute approximate surface area is 195 Å². The molecule has 0 atom stereocenters. The summed E-state index contributed by atoms with van der Waals surface area (Å²) >= 11 is 0. The third-order valence-corrected chi connectivity index (χ3v) is 6.55. The average Bonchev–Trinajstić information content (AvgIpc) is 2.72. The molecule has 0 bridgehead atoms. The van der Waals surface area contributed by atoms with E-state index in [-0.39, 0.29) is 0 Å². The van der Waals surface area contributed by atoms with E-state index in [2.05, 4.69) is 104 Å². The smallest absolute Gasteiger partial charge is 0.0390 e. The normalized spacial score (nSPS) is 11.9. The number of benzene rings is 3. The molecule has 0 aliphatic heterocycles. The highest BCUT2D eigenvalue weighted by Crippen LogP contribution is 2.41. The Hall–Kier alpha value is -2.74. The molecule has 0 radical (unpaired) electrons. The van der Waals surface area contributed by atoms with Gasteiger partial charge in [0.1, 0.15) is 0 Å². The van der Waals surface area contributed by atoms with E-state index in [1.54, 1.807) is 0 Å². The van der Waals surface area contributed by atoms with Crippen LogP contribution in [0, 0.1) is 0 Å². The molecule has 3 rings (SSSR count). The molecule has 4 N–H and O–H groups in total. The van der Waals surface area contributed by atoms with Gasteiger partial charge in [0.2, 0.25) is 0 Å². The Morgan fingerprint density at radius 2 is 0.750 bits per heavy atom. The molecule has 0 aliphatic rings. The molecular weight excluding hydrogens is 388 g/mol. The first-order chi connectivity index (χ1) is 15.0. The van der Waals surface area contributed by atoms with Crippen molar-refractivity contribution in [2.75, 3.05) is 11.5 Å². The van der Waals surface area contributed by atoms with E-state index < -0.39 is 0 Å². The molecule has 0 aliphatic carbocycles. The summed E-state index contributed by atoms with van der Waals surface area (Å²) in [5, 5.41) is 0. The van der Waals surface area contributed by atoms with Crippen molar-refractivity contribution >= 4 is 11.4 Å². The van der Waals surface area contributed by atoms with Gasteiger partial charge in [-0.3, -0.25) is 0 Å². The van der Waals surface area contributed by atoms with Gasteiger partial charge < -0.3 is 11.5 Å². The molecule has 0 spiro atoms. The molecule has 32 heavy (non-hydrogen) atoms. The van der Waals surface area contributed by atoms with Gasteiger partial charge in [-0.25, -0.2) is 0 Å². The summed E-state index contributed by atoms with van der Waals surface area (Å²) < 4.78 is 0. The van der Waals surface area contributed by atoms with Crippen molar-refractivity contribution in [3.05, 3.63) is 70.8 Å². The van der Waals surface area contributed by atoms with Gasteiger partial charge in [-0.15, -0.1) is 0 Å². The second kappa shape index (κ2) is 9.40. The molecule has 0 saturated heterocycles. The minimum atomic E-state index is 0.360. The van der Waals surface area contributed by atoms with E-state index in [1.807, 2.05) is 0 Å². The molecular formula is C30H40N2. The Balaban J connectivity index is 2.11. The molecule has 2 heteroatoms. The third kappa shape index (κ3) is 4.41. The summed E-state index contributed by atoms with van der Waals surface area (Å²) in [6.07, 6.45) is 0. The van der Waals surface area contributed by atoms with Gasteiger partial charge >= 0.3 is 0 Å². The fraction of sp³-hybridized carbons (Fsp3) is 0.400. The monoisotopic (exact) mass is 428 g/mol. The van der Waals surface area contributed by atoms with Crippen LogP contribution in [0.5, 0.6) is 0 Å². The molecule has 3 aromatic rings. The third-order valence-electron chi connectivity index (χ3n) is 6.55. The van der Waals surface area contributed by atoms with Crippen LogP contribution < -0.4 is 11.5 Å². The molecule has 3 aromatic carbocycles. The lowest BCUT2D eigenvalue weighted by atomic mass is 9.84. The van der Waals surface area contributed by atoms with Crippen molar-refractivity contribution in [1.29, 1.82) is 0 Å². The summed E-state index contributed by atoms with van der Waals surface area (Å²) in [6.45, 7) is 17.7. The highest BCUT2D eigenvalue weighted by atomic mass is 14.6. The van der Waals surface area contributed by atoms with Crippen LogP contribution in [-0.4, -0.2) is 0 Å². The largest absolute Gasteiger partial charge is 0.398 e. The second-order valence-electron chi connectivity index (χ2n) is 10.3. The lowest BCUT2D eigenvalue weighted by Gasteiger charge is -2.22. The SMILES string of the molecule is CC(C)c1ccc(-c2ccc(-c3ccc(C(C)C)c(N)c3C(C)C)cc2)c(C(C)C)c1N. The van der Waals surface area contributed by atoms with Gasteiger partial charge in [-0.2, -0.15) is 0 Å². The lowest BCUT2D eigenvalue weighted by molar-refractivity contribution is 0.841. The fourth-order valence-corrected chi connectivity index (χ4v) is 4.89. The van der Waals surface area contributed by atoms with E-state index in [9.17, 15) is 0 Å².